The Morgan fingerprint density at radius 2 is 2.13 bits per heavy atom. The third kappa shape index (κ3) is 4.96. The number of rotatable bonds is 4. The van der Waals surface area contributed by atoms with E-state index in [2.05, 4.69) is 37.9 Å². The van der Waals surface area contributed by atoms with E-state index < -0.39 is 0 Å². The second-order valence-corrected chi connectivity index (χ2v) is 4.94. The van der Waals surface area contributed by atoms with Crippen molar-refractivity contribution in [2.24, 2.45) is 0 Å². The molecular weight excluding hydrogens is 188 g/mol. The molecule has 1 aliphatic heterocycles. The maximum atomic E-state index is 5.65. The van der Waals surface area contributed by atoms with Crippen LogP contribution in [0.4, 0.5) is 0 Å². The van der Waals surface area contributed by atoms with Gasteiger partial charge >= 0.3 is 0 Å². The van der Waals surface area contributed by atoms with Crippen molar-refractivity contribution in [3.8, 4) is 0 Å². The van der Waals surface area contributed by atoms with Gasteiger partial charge in [0.05, 0.1) is 6.10 Å². The van der Waals surface area contributed by atoms with Gasteiger partial charge < -0.3 is 10.1 Å². The van der Waals surface area contributed by atoms with Gasteiger partial charge in [0.15, 0.2) is 0 Å². The van der Waals surface area contributed by atoms with Gasteiger partial charge in [-0.25, -0.2) is 0 Å². The van der Waals surface area contributed by atoms with Crippen LogP contribution in [-0.2, 0) is 4.74 Å². The van der Waals surface area contributed by atoms with E-state index >= 15 is 0 Å². The Bertz CT molecular complexity index is 173. The highest BCUT2D eigenvalue weighted by Crippen LogP contribution is 2.08. The molecule has 1 heterocycles. The largest absolute Gasteiger partial charge is 0.377 e. The van der Waals surface area contributed by atoms with E-state index in [9.17, 15) is 0 Å². The molecule has 0 aromatic rings. The van der Waals surface area contributed by atoms with Gasteiger partial charge in [-0.05, 0) is 20.3 Å². The topological polar surface area (TPSA) is 24.5 Å². The molecule has 0 bridgehead atoms. The van der Waals surface area contributed by atoms with Gasteiger partial charge in [-0.2, -0.15) is 0 Å². The lowest BCUT2D eigenvalue weighted by Gasteiger charge is -2.29. The highest BCUT2D eigenvalue weighted by Gasteiger charge is 2.19. The van der Waals surface area contributed by atoms with Gasteiger partial charge in [-0.15, -0.1) is 0 Å². The first-order valence-electron chi connectivity index (χ1n) is 6.18. The summed E-state index contributed by atoms with van der Waals surface area (Å²) in [5, 5.41) is 3.50. The fourth-order valence-electron chi connectivity index (χ4n) is 1.96. The van der Waals surface area contributed by atoms with Crippen LogP contribution in [0, 0.1) is 0 Å². The third-order valence-electron chi connectivity index (χ3n) is 2.93. The molecule has 0 aliphatic carbocycles. The Kier molecular flexibility index (Phi) is 5.58. The van der Waals surface area contributed by atoms with Crippen molar-refractivity contribution < 1.29 is 4.74 Å². The highest BCUT2D eigenvalue weighted by molar-refractivity contribution is 4.74. The van der Waals surface area contributed by atoms with Crippen LogP contribution in [-0.4, -0.2) is 49.3 Å². The molecule has 0 aromatic carbocycles. The van der Waals surface area contributed by atoms with Gasteiger partial charge in [0, 0.05) is 38.3 Å². The summed E-state index contributed by atoms with van der Waals surface area (Å²) in [6.45, 7) is 13.1. The second-order valence-electron chi connectivity index (χ2n) is 4.94. The first-order valence-corrected chi connectivity index (χ1v) is 6.18. The van der Waals surface area contributed by atoms with E-state index in [1.54, 1.807) is 0 Å². The number of nitrogens with one attached hydrogen (secondary N) is 1. The molecule has 1 aliphatic rings. The molecule has 2 unspecified atom stereocenters. The standard InChI is InChI=1S/C12H26N2O/c1-10(2)13-8-11(3)14-6-5-7-15-12(4)9-14/h10-13H,5-9H2,1-4H3. The van der Waals surface area contributed by atoms with E-state index in [1.807, 2.05) is 0 Å². The highest BCUT2D eigenvalue weighted by atomic mass is 16.5. The number of hydrogen-bond acceptors (Lipinski definition) is 3. The predicted octanol–water partition coefficient (Wildman–Crippen LogP) is 1.48. The van der Waals surface area contributed by atoms with Gasteiger partial charge in [0.1, 0.15) is 0 Å². The molecule has 1 rings (SSSR count). The molecule has 0 aromatic heterocycles. The fraction of sp³-hybridized carbons (Fsp3) is 1.00. The zero-order valence-corrected chi connectivity index (χ0v) is 10.6. The van der Waals surface area contributed by atoms with Gasteiger partial charge in [-0.3, -0.25) is 4.90 Å². The van der Waals surface area contributed by atoms with Crippen LogP contribution in [0.3, 0.4) is 0 Å². The quantitative estimate of drug-likeness (QED) is 0.767. The molecule has 0 radical (unpaired) electrons. The van der Waals surface area contributed by atoms with Crippen LogP contribution in [0.25, 0.3) is 0 Å². The zero-order valence-electron chi connectivity index (χ0n) is 10.6. The average molecular weight is 214 g/mol. The lowest BCUT2D eigenvalue weighted by atomic mass is 10.2. The summed E-state index contributed by atoms with van der Waals surface area (Å²) in [6, 6.07) is 1.18. The van der Waals surface area contributed by atoms with Gasteiger partial charge in [0.25, 0.3) is 0 Å². The maximum absolute atomic E-state index is 5.65. The van der Waals surface area contributed by atoms with Crippen LogP contribution in [0.2, 0.25) is 0 Å². The average Bonchev–Trinajstić information content (AvgIpc) is 2.39. The first-order chi connectivity index (χ1) is 7.09. The van der Waals surface area contributed by atoms with Crippen LogP contribution in [0.1, 0.15) is 34.1 Å². The monoisotopic (exact) mass is 214 g/mol. The van der Waals surface area contributed by atoms with Crippen molar-refractivity contribution in [3.05, 3.63) is 0 Å². The molecule has 0 spiro atoms. The summed E-state index contributed by atoms with van der Waals surface area (Å²) in [5.74, 6) is 0. The lowest BCUT2D eigenvalue weighted by Crippen LogP contribution is -2.44. The molecule has 2 atom stereocenters. The van der Waals surface area contributed by atoms with E-state index in [-0.39, 0.29) is 0 Å². The molecule has 1 saturated heterocycles. The van der Waals surface area contributed by atoms with Crippen LogP contribution in [0.5, 0.6) is 0 Å². The summed E-state index contributed by atoms with van der Waals surface area (Å²) in [6.07, 6.45) is 1.55. The SMILES string of the molecule is CC(C)NCC(C)N1CCCOC(C)C1. The molecule has 1 N–H and O–H groups in total. The minimum absolute atomic E-state index is 0.383. The van der Waals surface area contributed by atoms with Gasteiger partial charge in [0.2, 0.25) is 0 Å². The van der Waals surface area contributed by atoms with Crippen LogP contribution >= 0.6 is 0 Å². The number of nitrogens with zero attached hydrogens (tertiary/aromatic N) is 1. The van der Waals surface area contributed by atoms with Crippen molar-refractivity contribution in [2.75, 3.05) is 26.2 Å². The number of hydrogen-bond donors (Lipinski definition) is 1. The summed E-state index contributed by atoms with van der Waals surface area (Å²) in [5.41, 5.74) is 0. The lowest BCUT2D eigenvalue weighted by molar-refractivity contribution is 0.0619. The zero-order chi connectivity index (χ0) is 11.3. The molecule has 90 valence electrons. The molecule has 15 heavy (non-hydrogen) atoms. The third-order valence-corrected chi connectivity index (χ3v) is 2.93. The van der Waals surface area contributed by atoms with Crippen LogP contribution in [0.15, 0.2) is 0 Å². The van der Waals surface area contributed by atoms with Crippen molar-refractivity contribution in [2.45, 2.75) is 52.3 Å². The predicted molar refractivity (Wildman–Crippen MR) is 64.2 cm³/mol. The normalized spacial score (nSPS) is 26.6. The smallest absolute Gasteiger partial charge is 0.0674 e. The Balaban J connectivity index is 2.32. The van der Waals surface area contributed by atoms with Crippen molar-refractivity contribution in [1.29, 1.82) is 0 Å². The number of ether oxygens (including phenoxy) is 1. The first kappa shape index (κ1) is 12.9. The minimum atomic E-state index is 0.383. The fourth-order valence-corrected chi connectivity index (χ4v) is 1.96. The molecule has 0 amide bonds. The summed E-state index contributed by atoms with van der Waals surface area (Å²) in [7, 11) is 0. The van der Waals surface area contributed by atoms with E-state index in [0.29, 0.717) is 18.2 Å². The van der Waals surface area contributed by atoms with Gasteiger partial charge in [-0.1, -0.05) is 13.8 Å². The van der Waals surface area contributed by atoms with E-state index in [1.165, 1.54) is 6.54 Å². The van der Waals surface area contributed by atoms with E-state index in [4.69, 9.17) is 4.74 Å². The molecule has 3 heteroatoms. The minimum Gasteiger partial charge on any atom is -0.377 e. The summed E-state index contributed by atoms with van der Waals surface area (Å²) >= 11 is 0. The summed E-state index contributed by atoms with van der Waals surface area (Å²) in [4.78, 5) is 2.53. The Morgan fingerprint density at radius 3 is 2.80 bits per heavy atom. The van der Waals surface area contributed by atoms with Crippen molar-refractivity contribution >= 4 is 0 Å². The maximum Gasteiger partial charge on any atom is 0.0674 e. The molecular formula is C12H26N2O. The van der Waals surface area contributed by atoms with Crippen LogP contribution < -0.4 is 5.32 Å². The molecule has 3 nitrogen and oxygen atoms in total. The van der Waals surface area contributed by atoms with Crippen molar-refractivity contribution in [1.82, 2.24) is 10.2 Å². The Labute approximate surface area is 94.2 Å². The summed E-state index contributed by atoms with van der Waals surface area (Å²) < 4.78 is 5.65. The molecule has 1 fully saturated rings. The van der Waals surface area contributed by atoms with Crippen molar-refractivity contribution in [3.63, 3.8) is 0 Å². The molecule has 0 saturated carbocycles. The van der Waals surface area contributed by atoms with E-state index in [0.717, 1.165) is 26.1 Å². The Morgan fingerprint density at radius 1 is 1.40 bits per heavy atom. The second kappa shape index (κ2) is 6.46. The Hall–Kier alpha value is -0.120.